The van der Waals surface area contributed by atoms with Gasteiger partial charge in [-0.25, -0.2) is 8.42 Å². The molecule has 150 valence electrons. The molecule has 1 saturated heterocycles. The molecule has 7 heteroatoms. The predicted molar refractivity (Wildman–Crippen MR) is 111 cm³/mol. The van der Waals surface area contributed by atoms with Crippen molar-refractivity contribution >= 4 is 21.6 Å². The summed E-state index contributed by atoms with van der Waals surface area (Å²) in [5.41, 5.74) is 2.61. The van der Waals surface area contributed by atoms with Gasteiger partial charge in [0.2, 0.25) is 15.9 Å². The van der Waals surface area contributed by atoms with Crippen molar-refractivity contribution in [1.82, 2.24) is 9.21 Å². The van der Waals surface area contributed by atoms with Gasteiger partial charge in [-0.05, 0) is 31.0 Å². The Morgan fingerprint density at radius 1 is 1.00 bits per heavy atom. The SMILES string of the molecule is Cc1ccccc1NC(=O)C(C)N1CCN(S(=O)(=O)Cc2ccccc2)CC1. The fourth-order valence-electron chi connectivity index (χ4n) is 3.36. The molecule has 1 heterocycles. The number of nitrogens with one attached hydrogen (secondary N) is 1. The van der Waals surface area contributed by atoms with Crippen molar-refractivity contribution in [3.05, 3.63) is 65.7 Å². The van der Waals surface area contributed by atoms with Crippen LogP contribution in [0.25, 0.3) is 0 Å². The summed E-state index contributed by atoms with van der Waals surface area (Å²) < 4.78 is 26.9. The molecule has 0 radical (unpaired) electrons. The highest BCUT2D eigenvalue weighted by Crippen LogP contribution is 2.17. The van der Waals surface area contributed by atoms with E-state index in [1.807, 2.05) is 73.3 Å². The van der Waals surface area contributed by atoms with Crippen molar-refractivity contribution in [2.75, 3.05) is 31.5 Å². The molecule has 0 bridgehead atoms. The number of carbonyl (C=O) groups is 1. The van der Waals surface area contributed by atoms with E-state index in [0.717, 1.165) is 16.8 Å². The van der Waals surface area contributed by atoms with Gasteiger partial charge >= 0.3 is 0 Å². The Bertz CT molecular complexity index is 908. The fraction of sp³-hybridized carbons (Fsp3) is 0.381. The third-order valence-electron chi connectivity index (χ3n) is 5.19. The molecule has 3 rings (SSSR count). The van der Waals surface area contributed by atoms with Crippen LogP contribution in [-0.2, 0) is 20.6 Å². The number of piperazine rings is 1. The molecular weight excluding hydrogens is 374 g/mol. The Kier molecular flexibility index (Phi) is 6.49. The van der Waals surface area contributed by atoms with Gasteiger partial charge in [0.25, 0.3) is 0 Å². The Hall–Kier alpha value is -2.22. The number of rotatable bonds is 6. The lowest BCUT2D eigenvalue weighted by atomic mass is 10.2. The number of hydrogen-bond donors (Lipinski definition) is 1. The summed E-state index contributed by atoms with van der Waals surface area (Å²) in [6.45, 7) is 5.69. The van der Waals surface area contributed by atoms with E-state index in [2.05, 4.69) is 5.32 Å². The first-order chi connectivity index (χ1) is 13.4. The fourth-order valence-corrected chi connectivity index (χ4v) is 4.88. The minimum Gasteiger partial charge on any atom is -0.324 e. The van der Waals surface area contributed by atoms with E-state index in [1.165, 1.54) is 4.31 Å². The monoisotopic (exact) mass is 401 g/mol. The molecule has 28 heavy (non-hydrogen) atoms. The van der Waals surface area contributed by atoms with Crippen molar-refractivity contribution in [3.63, 3.8) is 0 Å². The minimum atomic E-state index is -3.35. The summed E-state index contributed by atoms with van der Waals surface area (Å²) >= 11 is 0. The van der Waals surface area contributed by atoms with Crippen LogP contribution in [0, 0.1) is 6.92 Å². The smallest absolute Gasteiger partial charge is 0.241 e. The number of carbonyl (C=O) groups excluding carboxylic acids is 1. The highest BCUT2D eigenvalue weighted by Gasteiger charge is 2.31. The van der Waals surface area contributed by atoms with Crippen LogP contribution in [0.1, 0.15) is 18.1 Å². The second-order valence-corrected chi connectivity index (χ2v) is 9.13. The van der Waals surface area contributed by atoms with Crippen LogP contribution in [0.4, 0.5) is 5.69 Å². The highest BCUT2D eigenvalue weighted by atomic mass is 32.2. The first-order valence-corrected chi connectivity index (χ1v) is 11.1. The summed E-state index contributed by atoms with van der Waals surface area (Å²) in [6, 6.07) is 16.6. The van der Waals surface area contributed by atoms with Crippen molar-refractivity contribution in [2.45, 2.75) is 25.6 Å². The summed E-state index contributed by atoms with van der Waals surface area (Å²) in [6.07, 6.45) is 0. The van der Waals surface area contributed by atoms with Gasteiger partial charge in [0, 0.05) is 31.9 Å². The Morgan fingerprint density at radius 3 is 2.25 bits per heavy atom. The third-order valence-corrected chi connectivity index (χ3v) is 7.04. The molecule has 1 fully saturated rings. The van der Waals surface area contributed by atoms with Crippen molar-refractivity contribution < 1.29 is 13.2 Å². The zero-order chi connectivity index (χ0) is 20.1. The molecule has 0 aromatic heterocycles. The van der Waals surface area contributed by atoms with E-state index >= 15 is 0 Å². The van der Waals surface area contributed by atoms with E-state index in [1.54, 1.807) is 0 Å². The van der Waals surface area contributed by atoms with E-state index in [4.69, 9.17) is 0 Å². The van der Waals surface area contributed by atoms with E-state index in [9.17, 15) is 13.2 Å². The quantitative estimate of drug-likeness (QED) is 0.807. The number of aryl methyl sites for hydroxylation is 1. The minimum absolute atomic E-state index is 0.0111. The molecule has 1 N–H and O–H groups in total. The maximum Gasteiger partial charge on any atom is 0.241 e. The van der Waals surface area contributed by atoms with Crippen LogP contribution >= 0.6 is 0 Å². The number of amides is 1. The van der Waals surface area contributed by atoms with Crippen LogP contribution in [0.3, 0.4) is 0 Å². The van der Waals surface area contributed by atoms with Crippen molar-refractivity contribution in [1.29, 1.82) is 0 Å². The van der Waals surface area contributed by atoms with Gasteiger partial charge < -0.3 is 5.32 Å². The van der Waals surface area contributed by atoms with E-state index in [-0.39, 0.29) is 17.7 Å². The average Bonchev–Trinajstić information content (AvgIpc) is 2.69. The van der Waals surface area contributed by atoms with Crippen LogP contribution < -0.4 is 5.32 Å². The topological polar surface area (TPSA) is 69.7 Å². The van der Waals surface area contributed by atoms with Gasteiger partial charge in [0.15, 0.2) is 0 Å². The number of hydrogen-bond acceptors (Lipinski definition) is 4. The second-order valence-electron chi connectivity index (χ2n) is 7.16. The lowest BCUT2D eigenvalue weighted by molar-refractivity contribution is -0.121. The molecule has 1 aliphatic heterocycles. The maximum atomic E-state index is 12.7. The Morgan fingerprint density at radius 2 is 1.61 bits per heavy atom. The van der Waals surface area contributed by atoms with Crippen LogP contribution in [0.2, 0.25) is 0 Å². The maximum absolute atomic E-state index is 12.7. The second kappa shape index (κ2) is 8.86. The zero-order valence-corrected chi connectivity index (χ0v) is 17.2. The van der Waals surface area contributed by atoms with Gasteiger partial charge in [-0.15, -0.1) is 0 Å². The average molecular weight is 402 g/mol. The number of benzene rings is 2. The van der Waals surface area contributed by atoms with Gasteiger partial charge in [-0.1, -0.05) is 48.5 Å². The van der Waals surface area contributed by atoms with E-state index in [0.29, 0.717) is 26.2 Å². The molecule has 1 unspecified atom stereocenters. The summed E-state index contributed by atoms with van der Waals surface area (Å²) in [7, 11) is -3.35. The molecule has 6 nitrogen and oxygen atoms in total. The first-order valence-electron chi connectivity index (χ1n) is 9.49. The number of sulfonamides is 1. The number of anilines is 1. The van der Waals surface area contributed by atoms with Gasteiger partial charge in [-0.2, -0.15) is 4.31 Å². The van der Waals surface area contributed by atoms with Crippen LogP contribution in [0.5, 0.6) is 0 Å². The van der Waals surface area contributed by atoms with Gasteiger partial charge in [0.05, 0.1) is 11.8 Å². The number of para-hydroxylation sites is 1. The van der Waals surface area contributed by atoms with Crippen LogP contribution in [-0.4, -0.2) is 55.8 Å². The molecule has 2 aromatic carbocycles. The molecule has 0 saturated carbocycles. The van der Waals surface area contributed by atoms with Crippen LogP contribution in [0.15, 0.2) is 54.6 Å². The van der Waals surface area contributed by atoms with E-state index < -0.39 is 10.0 Å². The zero-order valence-electron chi connectivity index (χ0n) is 16.3. The van der Waals surface area contributed by atoms with Crippen molar-refractivity contribution in [3.8, 4) is 0 Å². The Labute approximate surface area is 167 Å². The predicted octanol–water partition coefficient (Wildman–Crippen LogP) is 2.47. The third kappa shape index (κ3) is 4.98. The molecule has 0 spiro atoms. The Balaban J connectivity index is 1.55. The van der Waals surface area contributed by atoms with Gasteiger partial charge in [0.1, 0.15) is 0 Å². The molecule has 1 atom stereocenters. The van der Waals surface area contributed by atoms with Gasteiger partial charge in [-0.3, -0.25) is 9.69 Å². The number of nitrogens with zero attached hydrogens (tertiary/aromatic N) is 2. The summed E-state index contributed by atoms with van der Waals surface area (Å²) in [5, 5.41) is 2.97. The first kappa shape index (κ1) is 20.5. The summed E-state index contributed by atoms with van der Waals surface area (Å²) in [5.74, 6) is -0.0631. The largest absolute Gasteiger partial charge is 0.324 e. The lowest BCUT2D eigenvalue weighted by Crippen LogP contribution is -2.54. The summed E-state index contributed by atoms with van der Waals surface area (Å²) in [4.78, 5) is 14.6. The molecule has 0 aliphatic carbocycles. The standard InChI is InChI=1S/C21H27N3O3S/c1-17-8-6-7-11-20(17)22-21(25)18(2)23-12-14-24(15-13-23)28(26,27)16-19-9-4-3-5-10-19/h3-11,18H,12-16H2,1-2H3,(H,22,25). The van der Waals surface area contributed by atoms with Crippen molar-refractivity contribution in [2.24, 2.45) is 0 Å². The molecule has 2 aromatic rings. The normalized spacial score (nSPS) is 17.2. The lowest BCUT2D eigenvalue weighted by Gasteiger charge is -2.36. The molecular formula is C21H27N3O3S. The highest BCUT2D eigenvalue weighted by molar-refractivity contribution is 7.88. The molecule has 1 aliphatic rings. The molecule has 1 amide bonds.